The Balaban J connectivity index is 2.24. The first kappa shape index (κ1) is 8.53. The zero-order chi connectivity index (χ0) is 9.59. The molecule has 4 N–H and O–H groups in total. The van der Waals surface area contributed by atoms with Gasteiger partial charge in [-0.1, -0.05) is 0 Å². The second-order valence-corrected chi connectivity index (χ2v) is 4.19. The number of amides is 2. The fourth-order valence-corrected chi connectivity index (χ4v) is 3.11. The Bertz CT molecular complexity index is 238. The number of carbonyl (C=O) groups is 2. The van der Waals surface area contributed by atoms with E-state index in [9.17, 15) is 9.59 Å². The van der Waals surface area contributed by atoms with Crippen molar-refractivity contribution in [3.05, 3.63) is 0 Å². The minimum absolute atomic E-state index is 0.281. The zero-order valence-corrected chi connectivity index (χ0v) is 7.40. The predicted octanol–water partition coefficient (Wildman–Crippen LogP) is -0.381. The van der Waals surface area contributed by atoms with Crippen molar-refractivity contribution in [3.8, 4) is 0 Å². The van der Waals surface area contributed by atoms with Gasteiger partial charge in [0.25, 0.3) is 0 Å². The Hall–Kier alpha value is -1.06. The Morgan fingerprint density at radius 2 is 1.31 bits per heavy atom. The van der Waals surface area contributed by atoms with Crippen LogP contribution in [0.15, 0.2) is 0 Å². The Morgan fingerprint density at radius 1 is 0.923 bits per heavy atom. The van der Waals surface area contributed by atoms with E-state index in [1.54, 1.807) is 0 Å². The smallest absolute Gasteiger partial charge is 0.221 e. The Morgan fingerprint density at radius 3 is 1.62 bits per heavy atom. The lowest BCUT2D eigenvalue weighted by atomic mass is 9.78. The molecule has 0 unspecified atom stereocenters. The summed E-state index contributed by atoms with van der Waals surface area (Å²) in [5.74, 6) is -0.625. The summed E-state index contributed by atoms with van der Waals surface area (Å²) < 4.78 is 0. The van der Waals surface area contributed by atoms with Crippen molar-refractivity contribution in [1.29, 1.82) is 0 Å². The van der Waals surface area contributed by atoms with Crippen LogP contribution in [0, 0.1) is 23.7 Å². The fraction of sp³-hybridized carbons (Fsp3) is 0.778. The number of primary amides is 2. The molecule has 0 spiro atoms. The summed E-state index contributed by atoms with van der Waals surface area (Å²) in [6.07, 6.45) is 3.02. The molecule has 2 aliphatic rings. The van der Waals surface area contributed by atoms with Crippen molar-refractivity contribution in [2.24, 2.45) is 35.1 Å². The van der Waals surface area contributed by atoms with Gasteiger partial charge in [-0.15, -0.1) is 0 Å². The van der Waals surface area contributed by atoms with E-state index in [4.69, 9.17) is 11.5 Å². The van der Waals surface area contributed by atoms with E-state index in [0.29, 0.717) is 11.8 Å². The number of carbonyl (C=O) groups excluding carboxylic acids is 2. The normalized spacial score (nSPS) is 42.2. The molecule has 2 rings (SSSR count). The second-order valence-electron chi connectivity index (χ2n) is 4.19. The average Bonchev–Trinajstić information content (AvgIpc) is 2.60. The van der Waals surface area contributed by atoms with Crippen molar-refractivity contribution in [2.45, 2.75) is 19.3 Å². The SMILES string of the molecule is NC(=O)[C@@H]1[C@@H]2CC[C@H](C2)[C@@H]1C(N)=O. The molecule has 0 aliphatic heterocycles. The van der Waals surface area contributed by atoms with Gasteiger partial charge in [0.2, 0.25) is 11.8 Å². The van der Waals surface area contributed by atoms with Gasteiger partial charge in [-0.2, -0.15) is 0 Å². The quantitative estimate of drug-likeness (QED) is 0.609. The van der Waals surface area contributed by atoms with Crippen LogP contribution in [0.1, 0.15) is 19.3 Å². The average molecular weight is 182 g/mol. The van der Waals surface area contributed by atoms with Crippen LogP contribution >= 0.6 is 0 Å². The molecule has 13 heavy (non-hydrogen) atoms. The molecular weight excluding hydrogens is 168 g/mol. The van der Waals surface area contributed by atoms with Gasteiger partial charge >= 0.3 is 0 Å². The maximum absolute atomic E-state index is 11.1. The first-order chi connectivity index (χ1) is 6.11. The topological polar surface area (TPSA) is 86.2 Å². The van der Waals surface area contributed by atoms with Crippen molar-refractivity contribution in [1.82, 2.24) is 0 Å². The molecular formula is C9H14N2O2. The number of rotatable bonds is 2. The van der Waals surface area contributed by atoms with E-state index in [1.807, 2.05) is 0 Å². The van der Waals surface area contributed by atoms with Gasteiger partial charge < -0.3 is 11.5 Å². The molecule has 72 valence electrons. The second kappa shape index (κ2) is 2.72. The van der Waals surface area contributed by atoms with Gasteiger partial charge in [0.05, 0.1) is 11.8 Å². The van der Waals surface area contributed by atoms with Crippen LogP contribution in [0.4, 0.5) is 0 Å². The van der Waals surface area contributed by atoms with Crippen LogP contribution in [0.2, 0.25) is 0 Å². The van der Waals surface area contributed by atoms with Crippen molar-refractivity contribution >= 4 is 11.8 Å². The number of hydrogen-bond donors (Lipinski definition) is 2. The zero-order valence-electron chi connectivity index (χ0n) is 7.40. The van der Waals surface area contributed by atoms with E-state index in [2.05, 4.69) is 0 Å². The van der Waals surface area contributed by atoms with E-state index in [1.165, 1.54) is 0 Å². The monoisotopic (exact) mass is 182 g/mol. The van der Waals surface area contributed by atoms with Crippen LogP contribution in [0.25, 0.3) is 0 Å². The highest BCUT2D eigenvalue weighted by Crippen LogP contribution is 2.51. The minimum Gasteiger partial charge on any atom is -0.369 e. The van der Waals surface area contributed by atoms with Crippen LogP contribution in [-0.2, 0) is 9.59 Å². The summed E-state index contributed by atoms with van der Waals surface area (Å²) in [6, 6.07) is 0. The van der Waals surface area contributed by atoms with Crippen LogP contribution in [0.3, 0.4) is 0 Å². The molecule has 2 fully saturated rings. The standard InChI is InChI=1S/C9H14N2O2/c10-8(12)6-4-1-2-5(3-4)7(6)9(11)13/h4-7H,1-3H2,(H2,10,12)(H2,11,13)/t4-,5-,6-,7+/m1/s1. The summed E-state index contributed by atoms with van der Waals surface area (Å²) in [4.78, 5) is 22.2. The van der Waals surface area contributed by atoms with Crippen molar-refractivity contribution in [3.63, 3.8) is 0 Å². The molecule has 4 nitrogen and oxygen atoms in total. The van der Waals surface area contributed by atoms with Crippen LogP contribution in [0.5, 0.6) is 0 Å². The van der Waals surface area contributed by atoms with Gasteiger partial charge in [-0.3, -0.25) is 9.59 Å². The van der Waals surface area contributed by atoms with Gasteiger partial charge in [0.1, 0.15) is 0 Å². The molecule has 2 bridgehead atoms. The summed E-state index contributed by atoms with van der Waals surface area (Å²) in [5.41, 5.74) is 10.5. The molecule has 4 heteroatoms. The van der Waals surface area contributed by atoms with Crippen LogP contribution in [-0.4, -0.2) is 11.8 Å². The van der Waals surface area contributed by atoms with E-state index in [0.717, 1.165) is 19.3 Å². The number of fused-ring (bicyclic) bond motifs is 2. The largest absolute Gasteiger partial charge is 0.369 e. The Kier molecular flexibility index (Phi) is 1.78. The highest BCUT2D eigenvalue weighted by molar-refractivity contribution is 5.87. The molecule has 2 amide bonds. The molecule has 0 radical (unpaired) electrons. The molecule has 0 saturated heterocycles. The third kappa shape index (κ3) is 1.12. The van der Waals surface area contributed by atoms with Crippen molar-refractivity contribution in [2.75, 3.05) is 0 Å². The Labute approximate surface area is 76.6 Å². The van der Waals surface area contributed by atoms with Gasteiger partial charge in [-0.05, 0) is 31.1 Å². The summed E-state index contributed by atoms with van der Waals surface area (Å²) >= 11 is 0. The van der Waals surface area contributed by atoms with E-state index in [-0.39, 0.29) is 23.7 Å². The van der Waals surface area contributed by atoms with Gasteiger partial charge in [0.15, 0.2) is 0 Å². The molecule has 2 aliphatic carbocycles. The summed E-state index contributed by atoms with van der Waals surface area (Å²) in [5, 5.41) is 0. The summed E-state index contributed by atoms with van der Waals surface area (Å²) in [6.45, 7) is 0. The maximum atomic E-state index is 11.1. The lowest BCUT2D eigenvalue weighted by molar-refractivity contribution is -0.133. The highest BCUT2D eigenvalue weighted by atomic mass is 16.2. The van der Waals surface area contributed by atoms with E-state index < -0.39 is 0 Å². The summed E-state index contributed by atoms with van der Waals surface area (Å²) in [7, 11) is 0. The molecule has 2 saturated carbocycles. The molecule has 0 aromatic heterocycles. The van der Waals surface area contributed by atoms with Gasteiger partial charge in [-0.25, -0.2) is 0 Å². The van der Waals surface area contributed by atoms with Crippen LogP contribution < -0.4 is 11.5 Å². The third-order valence-electron chi connectivity index (χ3n) is 3.57. The fourth-order valence-electron chi connectivity index (χ4n) is 3.11. The first-order valence-corrected chi connectivity index (χ1v) is 4.70. The first-order valence-electron chi connectivity index (χ1n) is 4.70. The number of hydrogen-bond acceptors (Lipinski definition) is 2. The van der Waals surface area contributed by atoms with E-state index >= 15 is 0 Å². The molecule has 0 aromatic carbocycles. The highest BCUT2D eigenvalue weighted by Gasteiger charge is 2.52. The maximum Gasteiger partial charge on any atom is 0.221 e. The minimum atomic E-state index is -0.351. The third-order valence-corrected chi connectivity index (χ3v) is 3.57. The molecule has 0 aromatic rings. The molecule has 4 atom stereocenters. The lowest BCUT2D eigenvalue weighted by Crippen LogP contribution is -2.41. The number of nitrogens with two attached hydrogens (primary N) is 2. The predicted molar refractivity (Wildman–Crippen MR) is 46.2 cm³/mol. The van der Waals surface area contributed by atoms with Crippen molar-refractivity contribution < 1.29 is 9.59 Å². The van der Waals surface area contributed by atoms with Gasteiger partial charge in [0, 0.05) is 0 Å². The molecule has 0 heterocycles. The lowest BCUT2D eigenvalue weighted by Gasteiger charge is -2.25.